The van der Waals surface area contributed by atoms with Crippen molar-refractivity contribution in [2.24, 2.45) is 5.92 Å². The van der Waals surface area contributed by atoms with Gasteiger partial charge in [0.25, 0.3) is 0 Å². The lowest BCUT2D eigenvalue weighted by molar-refractivity contribution is 0.190. The summed E-state index contributed by atoms with van der Waals surface area (Å²) in [4.78, 5) is 0. The molecule has 38 heavy (non-hydrogen) atoms. The zero-order chi connectivity index (χ0) is 27.1. The average Bonchev–Trinajstić information content (AvgIpc) is 2.93. The smallest absolute Gasteiger partial charge is 0.204 e. The second-order valence-corrected chi connectivity index (χ2v) is 9.43. The summed E-state index contributed by atoms with van der Waals surface area (Å²) in [7, 11) is 0. The predicted molar refractivity (Wildman–Crippen MR) is 140 cm³/mol. The second kappa shape index (κ2) is 12.9. The van der Waals surface area contributed by atoms with Crippen molar-refractivity contribution in [1.29, 1.82) is 0 Å². The number of ether oxygens (including phenoxy) is 3. The topological polar surface area (TPSA) is 27.7 Å². The molecule has 0 radical (unpaired) electrons. The summed E-state index contributed by atoms with van der Waals surface area (Å²) in [5.41, 5.74) is 1.16. The Balaban J connectivity index is 1.34. The highest BCUT2D eigenvalue weighted by Gasteiger charge is 2.27. The first-order valence-electron chi connectivity index (χ1n) is 13.0. The Kier molecular flexibility index (Phi) is 9.32. The Bertz CT molecular complexity index is 1230. The highest BCUT2D eigenvalue weighted by Crippen LogP contribution is 2.39. The van der Waals surface area contributed by atoms with Crippen LogP contribution >= 0.6 is 0 Å². The molecule has 0 aliphatic heterocycles. The molecule has 0 amide bonds. The maximum atomic E-state index is 15.1. The molecule has 0 bridgehead atoms. The van der Waals surface area contributed by atoms with E-state index in [1.54, 1.807) is 42.5 Å². The van der Waals surface area contributed by atoms with Crippen molar-refractivity contribution >= 4 is 0 Å². The molecule has 3 aromatic rings. The minimum atomic E-state index is -1.08. The molecular weight excluding hydrogens is 496 g/mol. The Hall–Kier alpha value is -3.48. The summed E-state index contributed by atoms with van der Waals surface area (Å²) in [5, 5.41) is 0. The fourth-order valence-corrected chi connectivity index (χ4v) is 4.84. The van der Waals surface area contributed by atoms with Crippen LogP contribution in [-0.2, 0) is 0 Å². The van der Waals surface area contributed by atoms with E-state index in [0.29, 0.717) is 55.6 Å². The number of hydrogen-bond donors (Lipinski definition) is 0. The van der Waals surface area contributed by atoms with Crippen molar-refractivity contribution < 1.29 is 31.8 Å². The van der Waals surface area contributed by atoms with Gasteiger partial charge in [0.05, 0.1) is 19.8 Å². The average molecular weight is 529 g/mol. The van der Waals surface area contributed by atoms with Gasteiger partial charge in [0.15, 0.2) is 23.1 Å². The van der Waals surface area contributed by atoms with Crippen LogP contribution < -0.4 is 14.2 Å². The van der Waals surface area contributed by atoms with Crippen LogP contribution in [-0.4, -0.2) is 19.8 Å². The molecule has 1 aliphatic carbocycles. The molecule has 1 fully saturated rings. The summed E-state index contributed by atoms with van der Waals surface area (Å²) < 4.78 is 75.0. The fourth-order valence-electron chi connectivity index (χ4n) is 4.84. The molecular formula is C31H32F4O3. The van der Waals surface area contributed by atoms with Gasteiger partial charge >= 0.3 is 0 Å². The zero-order valence-electron chi connectivity index (χ0n) is 21.5. The van der Waals surface area contributed by atoms with Crippen LogP contribution in [0.3, 0.4) is 0 Å². The van der Waals surface area contributed by atoms with Crippen molar-refractivity contribution in [3.63, 3.8) is 0 Å². The maximum absolute atomic E-state index is 15.1. The first-order valence-corrected chi connectivity index (χ1v) is 13.0. The predicted octanol–water partition coefficient (Wildman–Crippen LogP) is 8.62. The Morgan fingerprint density at radius 3 is 2.05 bits per heavy atom. The lowest BCUT2D eigenvalue weighted by atomic mass is 9.78. The summed E-state index contributed by atoms with van der Waals surface area (Å²) in [6.45, 7) is 6.39. The molecule has 0 atom stereocenters. The molecule has 4 rings (SSSR count). The van der Waals surface area contributed by atoms with Gasteiger partial charge in [-0.15, -0.1) is 6.58 Å². The van der Waals surface area contributed by atoms with Gasteiger partial charge in [-0.25, -0.2) is 8.78 Å². The fraction of sp³-hybridized carbons (Fsp3) is 0.355. The van der Waals surface area contributed by atoms with E-state index >= 15 is 8.78 Å². The van der Waals surface area contributed by atoms with E-state index in [1.165, 1.54) is 12.1 Å². The monoisotopic (exact) mass is 528 g/mol. The Morgan fingerprint density at radius 2 is 1.42 bits per heavy atom. The van der Waals surface area contributed by atoms with E-state index < -0.39 is 23.3 Å². The molecule has 0 spiro atoms. The molecule has 7 heteroatoms. The number of halogens is 4. The Labute approximate surface area is 221 Å². The van der Waals surface area contributed by atoms with Gasteiger partial charge in [-0.1, -0.05) is 30.3 Å². The summed E-state index contributed by atoms with van der Waals surface area (Å²) >= 11 is 0. The Morgan fingerprint density at radius 1 is 0.763 bits per heavy atom. The van der Waals surface area contributed by atoms with Crippen molar-refractivity contribution in [3.8, 4) is 28.4 Å². The molecule has 0 heterocycles. The van der Waals surface area contributed by atoms with E-state index in [1.807, 2.05) is 6.92 Å². The lowest BCUT2D eigenvalue weighted by Gasteiger charge is -2.29. The number of rotatable bonds is 11. The second-order valence-electron chi connectivity index (χ2n) is 9.43. The van der Waals surface area contributed by atoms with E-state index in [9.17, 15) is 8.78 Å². The van der Waals surface area contributed by atoms with Gasteiger partial charge in [0.2, 0.25) is 11.6 Å². The van der Waals surface area contributed by atoms with Crippen molar-refractivity contribution in [2.75, 3.05) is 19.8 Å². The van der Waals surface area contributed by atoms with Gasteiger partial charge < -0.3 is 14.2 Å². The van der Waals surface area contributed by atoms with Crippen LogP contribution in [0.1, 0.15) is 50.5 Å². The van der Waals surface area contributed by atoms with Crippen LogP contribution in [0.15, 0.2) is 61.2 Å². The SMILES string of the molecule is C=CCCOc1ccc(OCC2CCC(c3ccc(-c4ccc(OCC)cc4)c(F)c3F)CC2)c(F)c1F. The minimum absolute atomic E-state index is 0.105. The van der Waals surface area contributed by atoms with Gasteiger partial charge in [0.1, 0.15) is 5.75 Å². The van der Waals surface area contributed by atoms with Gasteiger partial charge in [-0.05, 0) is 86.3 Å². The molecule has 0 N–H and O–H groups in total. The van der Waals surface area contributed by atoms with Crippen LogP contribution in [0.25, 0.3) is 11.1 Å². The molecule has 0 saturated heterocycles. The van der Waals surface area contributed by atoms with Crippen molar-refractivity contribution in [1.82, 2.24) is 0 Å². The van der Waals surface area contributed by atoms with E-state index in [0.717, 1.165) is 0 Å². The van der Waals surface area contributed by atoms with Gasteiger partial charge in [-0.3, -0.25) is 0 Å². The third-order valence-electron chi connectivity index (χ3n) is 6.94. The number of benzene rings is 3. The van der Waals surface area contributed by atoms with Crippen LogP contribution in [0.5, 0.6) is 17.2 Å². The third-order valence-corrected chi connectivity index (χ3v) is 6.94. The van der Waals surface area contributed by atoms with Gasteiger partial charge in [0, 0.05) is 5.56 Å². The summed E-state index contributed by atoms with van der Waals surface area (Å²) in [6, 6.07) is 12.9. The van der Waals surface area contributed by atoms with E-state index in [-0.39, 0.29) is 42.1 Å². The molecule has 1 aliphatic rings. The molecule has 1 saturated carbocycles. The molecule has 0 aromatic heterocycles. The minimum Gasteiger partial charge on any atom is -0.494 e. The molecule has 3 nitrogen and oxygen atoms in total. The van der Waals surface area contributed by atoms with Crippen LogP contribution in [0.4, 0.5) is 17.6 Å². The normalized spacial score (nSPS) is 17.2. The summed E-state index contributed by atoms with van der Waals surface area (Å²) in [6.07, 6.45) is 4.87. The maximum Gasteiger partial charge on any atom is 0.204 e. The molecule has 0 unspecified atom stereocenters. The van der Waals surface area contributed by atoms with Crippen LogP contribution in [0.2, 0.25) is 0 Å². The standard InChI is InChI=1S/C31H32F4O3/c1-3-5-18-37-26-16-17-27(31(35)30(26)34)38-19-20-6-8-21(9-7-20)24-14-15-25(29(33)28(24)32)22-10-12-23(13-11-22)36-4-2/h3,10-17,20-21H,1,4-9,18-19H2,2H3. The zero-order valence-corrected chi connectivity index (χ0v) is 21.5. The van der Waals surface area contributed by atoms with Crippen molar-refractivity contribution in [2.45, 2.75) is 44.9 Å². The highest BCUT2D eigenvalue weighted by atomic mass is 19.2. The largest absolute Gasteiger partial charge is 0.494 e. The lowest BCUT2D eigenvalue weighted by Crippen LogP contribution is -2.20. The quantitative estimate of drug-likeness (QED) is 0.142. The molecule has 3 aromatic carbocycles. The third kappa shape index (κ3) is 6.32. The van der Waals surface area contributed by atoms with Gasteiger partial charge in [-0.2, -0.15) is 8.78 Å². The van der Waals surface area contributed by atoms with E-state index in [4.69, 9.17) is 14.2 Å². The summed E-state index contributed by atoms with van der Waals surface area (Å²) in [5.74, 6) is -3.51. The first kappa shape index (κ1) is 27.6. The van der Waals surface area contributed by atoms with E-state index in [2.05, 4.69) is 6.58 Å². The number of hydrogen-bond acceptors (Lipinski definition) is 3. The van der Waals surface area contributed by atoms with Crippen LogP contribution in [0, 0.1) is 29.2 Å². The highest BCUT2D eigenvalue weighted by molar-refractivity contribution is 5.65. The van der Waals surface area contributed by atoms with Crippen molar-refractivity contribution in [3.05, 3.63) is 90.0 Å². The first-order chi connectivity index (χ1) is 18.4. The molecule has 202 valence electrons.